The van der Waals surface area contributed by atoms with Crippen LogP contribution in [0.25, 0.3) is 0 Å². The summed E-state index contributed by atoms with van der Waals surface area (Å²) in [5.41, 5.74) is 1.31. The van der Waals surface area contributed by atoms with Gasteiger partial charge in [0.05, 0.1) is 0 Å². The molecule has 0 radical (unpaired) electrons. The van der Waals surface area contributed by atoms with Crippen molar-refractivity contribution in [1.29, 1.82) is 0 Å². The highest BCUT2D eigenvalue weighted by Crippen LogP contribution is 2.19. The molecule has 0 aliphatic carbocycles. The summed E-state index contributed by atoms with van der Waals surface area (Å²) >= 11 is 0. The molecule has 1 atom stereocenters. The highest BCUT2D eigenvalue weighted by molar-refractivity contribution is 5.47. The smallest absolute Gasteiger partial charge is 0.226 e. The maximum absolute atomic E-state index is 5.11. The van der Waals surface area contributed by atoms with E-state index < -0.39 is 0 Å². The summed E-state index contributed by atoms with van der Waals surface area (Å²) in [6.45, 7) is 5.10. The first-order chi connectivity index (χ1) is 10.3. The van der Waals surface area contributed by atoms with Gasteiger partial charge in [-0.3, -0.25) is 0 Å². The number of hydrogen-bond acceptors (Lipinski definition) is 5. The molecule has 1 aromatic heterocycles. The van der Waals surface area contributed by atoms with Crippen LogP contribution in [0.5, 0.6) is 0 Å². The van der Waals surface area contributed by atoms with Gasteiger partial charge in [0.25, 0.3) is 0 Å². The Labute approximate surface area is 125 Å². The standard InChI is InChI=1S/C16H22N4O/c1-2-16-18-15(19-21-16)8-10-17-13-9-11-20(12-13)14-6-4-3-5-7-14/h3-7,13,17H,2,8-12H2,1H3/t13-/m0/s1. The van der Waals surface area contributed by atoms with Crippen LogP contribution < -0.4 is 10.2 Å². The van der Waals surface area contributed by atoms with Gasteiger partial charge in [-0.1, -0.05) is 30.3 Å². The van der Waals surface area contributed by atoms with E-state index in [1.807, 2.05) is 6.92 Å². The van der Waals surface area contributed by atoms with E-state index in [-0.39, 0.29) is 0 Å². The molecular weight excluding hydrogens is 264 g/mol. The molecule has 5 nitrogen and oxygen atoms in total. The van der Waals surface area contributed by atoms with E-state index in [0.29, 0.717) is 6.04 Å². The second kappa shape index (κ2) is 6.72. The summed E-state index contributed by atoms with van der Waals surface area (Å²) in [4.78, 5) is 6.76. The van der Waals surface area contributed by atoms with Gasteiger partial charge in [-0.2, -0.15) is 4.98 Å². The van der Waals surface area contributed by atoms with Crippen molar-refractivity contribution in [2.75, 3.05) is 24.5 Å². The minimum absolute atomic E-state index is 0.544. The molecule has 0 unspecified atom stereocenters. The maximum atomic E-state index is 5.11. The number of nitrogens with one attached hydrogen (secondary N) is 1. The molecule has 1 fully saturated rings. The molecule has 2 aromatic rings. The zero-order valence-corrected chi connectivity index (χ0v) is 12.5. The lowest BCUT2D eigenvalue weighted by Gasteiger charge is -2.18. The molecule has 1 aliphatic heterocycles. The van der Waals surface area contributed by atoms with Crippen molar-refractivity contribution in [3.8, 4) is 0 Å². The number of para-hydroxylation sites is 1. The van der Waals surface area contributed by atoms with Crippen LogP contribution >= 0.6 is 0 Å². The Morgan fingerprint density at radius 2 is 2.19 bits per heavy atom. The summed E-state index contributed by atoms with van der Waals surface area (Å²) in [6, 6.07) is 11.1. The fourth-order valence-electron chi connectivity index (χ4n) is 2.72. The van der Waals surface area contributed by atoms with Crippen LogP contribution in [0.4, 0.5) is 5.69 Å². The van der Waals surface area contributed by atoms with Crippen molar-refractivity contribution in [1.82, 2.24) is 15.5 Å². The van der Waals surface area contributed by atoms with Gasteiger partial charge in [-0.25, -0.2) is 0 Å². The molecule has 1 N–H and O–H groups in total. The van der Waals surface area contributed by atoms with E-state index in [1.165, 1.54) is 12.1 Å². The summed E-state index contributed by atoms with van der Waals surface area (Å²) < 4.78 is 5.11. The second-order valence-electron chi connectivity index (χ2n) is 5.43. The van der Waals surface area contributed by atoms with E-state index in [9.17, 15) is 0 Å². The van der Waals surface area contributed by atoms with Crippen LogP contribution in [0.1, 0.15) is 25.1 Å². The predicted octanol–water partition coefficient (Wildman–Crippen LogP) is 2.04. The third-order valence-corrected chi connectivity index (χ3v) is 3.90. The molecule has 5 heteroatoms. The Bertz CT molecular complexity index is 554. The van der Waals surface area contributed by atoms with E-state index in [2.05, 4.69) is 50.7 Å². The third kappa shape index (κ3) is 3.61. The molecule has 0 bridgehead atoms. The first-order valence-electron chi connectivity index (χ1n) is 7.70. The van der Waals surface area contributed by atoms with E-state index in [4.69, 9.17) is 4.52 Å². The quantitative estimate of drug-likeness (QED) is 0.880. The van der Waals surface area contributed by atoms with Crippen molar-refractivity contribution < 1.29 is 4.52 Å². The van der Waals surface area contributed by atoms with Crippen molar-refractivity contribution in [2.24, 2.45) is 0 Å². The van der Waals surface area contributed by atoms with Gasteiger partial charge in [0.15, 0.2) is 5.82 Å². The van der Waals surface area contributed by atoms with Gasteiger partial charge in [-0.05, 0) is 18.6 Å². The fourth-order valence-corrected chi connectivity index (χ4v) is 2.72. The summed E-state index contributed by atoms with van der Waals surface area (Å²) in [6.07, 6.45) is 2.81. The number of aryl methyl sites for hydroxylation is 1. The molecule has 3 rings (SSSR count). The second-order valence-corrected chi connectivity index (χ2v) is 5.43. The highest BCUT2D eigenvalue weighted by atomic mass is 16.5. The van der Waals surface area contributed by atoms with Gasteiger partial charge < -0.3 is 14.7 Å². The van der Waals surface area contributed by atoms with Gasteiger partial charge in [0.1, 0.15) is 0 Å². The number of benzene rings is 1. The Hall–Kier alpha value is -1.88. The van der Waals surface area contributed by atoms with Crippen LogP contribution in [0.15, 0.2) is 34.9 Å². The monoisotopic (exact) mass is 286 g/mol. The van der Waals surface area contributed by atoms with E-state index >= 15 is 0 Å². The van der Waals surface area contributed by atoms with Crippen LogP contribution in [-0.4, -0.2) is 35.8 Å². The number of rotatable bonds is 6. The molecule has 1 aliphatic rings. The van der Waals surface area contributed by atoms with Gasteiger partial charge >= 0.3 is 0 Å². The number of hydrogen-bond donors (Lipinski definition) is 1. The summed E-state index contributed by atoms with van der Waals surface area (Å²) in [5, 5.41) is 7.57. The Morgan fingerprint density at radius 1 is 1.33 bits per heavy atom. The first-order valence-corrected chi connectivity index (χ1v) is 7.70. The van der Waals surface area contributed by atoms with Crippen LogP contribution in [0.2, 0.25) is 0 Å². The number of nitrogens with zero attached hydrogens (tertiary/aromatic N) is 3. The average molecular weight is 286 g/mol. The molecule has 112 valence electrons. The zero-order chi connectivity index (χ0) is 14.5. The molecule has 0 spiro atoms. The Kier molecular flexibility index (Phi) is 4.50. The topological polar surface area (TPSA) is 54.2 Å². The SMILES string of the molecule is CCc1nc(CCN[C@H]2CCN(c3ccccc3)C2)no1. The lowest BCUT2D eigenvalue weighted by atomic mass is 10.2. The third-order valence-electron chi connectivity index (χ3n) is 3.90. The molecule has 1 saturated heterocycles. The predicted molar refractivity (Wildman–Crippen MR) is 82.4 cm³/mol. The molecule has 0 saturated carbocycles. The van der Waals surface area contributed by atoms with Crippen molar-refractivity contribution in [3.63, 3.8) is 0 Å². The van der Waals surface area contributed by atoms with Crippen molar-refractivity contribution in [3.05, 3.63) is 42.0 Å². The van der Waals surface area contributed by atoms with Gasteiger partial charge in [0.2, 0.25) is 5.89 Å². The Balaban J connectivity index is 1.43. The van der Waals surface area contributed by atoms with E-state index in [1.54, 1.807) is 0 Å². The molecule has 2 heterocycles. The lowest BCUT2D eigenvalue weighted by Crippen LogP contribution is -2.34. The Morgan fingerprint density at radius 3 is 2.95 bits per heavy atom. The number of anilines is 1. The van der Waals surface area contributed by atoms with E-state index in [0.717, 1.165) is 44.2 Å². The summed E-state index contributed by atoms with van der Waals surface area (Å²) in [7, 11) is 0. The molecule has 21 heavy (non-hydrogen) atoms. The minimum atomic E-state index is 0.544. The highest BCUT2D eigenvalue weighted by Gasteiger charge is 2.21. The van der Waals surface area contributed by atoms with Crippen LogP contribution in [0.3, 0.4) is 0 Å². The lowest BCUT2D eigenvalue weighted by molar-refractivity contribution is 0.376. The largest absolute Gasteiger partial charge is 0.370 e. The normalized spacial score (nSPS) is 18.3. The first kappa shape index (κ1) is 14.1. The minimum Gasteiger partial charge on any atom is -0.370 e. The average Bonchev–Trinajstić information content (AvgIpc) is 3.17. The van der Waals surface area contributed by atoms with Crippen LogP contribution in [0, 0.1) is 0 Å². The van der Waals surface area contributed by atoms with Crippen molar-refractivity contribution in [2.45, 2.75) is 32.2 Å². The fraction of sp³-hybridized carbons (Fsp3) is 0.500. The van der Waals surface area contributed by atoms with Gasteiger partial charge in [-0.15, -0.1) is 0 Å². The zero-order valence-electron chi connectivity index (χ0n) is 12.5. The van der Waals surface area contributed by atoms with Crippen LogP contribution in [-0.2, 0) is 12.8 Å². The summed E-state index contributed by atoms with van der Waals surface area (Å²) in [5.74, 6) is 1.53. The number of aromatic nitrogens is 2. The molecule has 1 aromatic carbocycles. The maximum Gasteiger partial charge on any atom is 0.226 e. The van der Waals surface area contributed by atoms with Gasteiger partial charge in [0, 0.05) is 44.2 Å². The molecular formula is C16H22N4O. The molecule has 0 amide bonds. The van der Waals surface area contributed by atoms with Crippen molar-refractivity contribution >= 4 is 5.69 Å².